The maximum absolute atomic E-state index is 12.4. The monoisotopic (exact) mass is 310 g/mol. The van der Waals surface area contributed by atoms with E-state index in [2.05, 4.69) is 6.92 Å². The molecule has 0 saturated carbocycles. The van der Waals surface area contributed by atoms with Gasteiger partial charge in [0.1, 0.15) is 11.3 Å². The molecule has 2 rings (SSSR count). The summed E-state index contributed by atoms with van der Waals surface area (Å²) < 4.78 is 10.7. The summed E-state index contributed by atoms with van der Waals surface area (Å²) in [6.07, 6.45) is 3.78. The highest BCUT2D eigenvalue weighted by atomic mass is 16.6. The molecular weight excluding hydrogens is 284 g/mol. The molecule has 1 atom stereocenters. The summed E-state index contributed by atoms with van der Waals surface area (Å²) in [4.78, 5) is 28.0. The zero-order valence-electron chi connectivity index (χ0n) is 13.8. The van der Waals surface area contributed by atoms with E-state index in [1.807, 2.05) is 13.8 Å². The zero-order valence-corrected chi connectivity index (χ0v) is 13.8. The van der Waals surface area contributed by atoms with Crippen LogP contribution in [0, 0.1) is 0 Å². The summed E-state index contributed by atoms with van der Waals surface area (Å²) in [7, 11) is 0. The molecule has 0 aromatic heterocycles. The molecule has 1 unspecified atom stereocenters. The number of unbranched alkanes of at least 4 members (excludes halogenated alkanes) is 1. The average Bonchev–Trinajstić information content (AvgIpc) is 2.77. The van der Waals surface area contributed by atoms with Crippen LogP contribution < -0.4 is 0 Å². The van der Waals surface area contributed by atoms with E-state index in [0.29, 0.717) is 45.0 Å². The Morgan fingerprint density at radius 1 is 1.32 bits per heavy atom. The van der Waals surface area contributed by atoms with Gasteiger partial charge in [0.25, 0.3) is 0 Å². The maximum atomic E-state index is 12.4. The van der Waals surface area contributed by atoms with Crippen LogP contribution in [0.15, 0.2) is 11.8 Å². The number of hydrogen-bond donors (Lipinski definition) is 0. The minimum atomic E-state index is -0.534. The van der Waals surface area contributed by atoms with Crippen molar-refractivity contribution < 1.29 is 19.1 Å². The van der Waals surface area contributed by atoms with E-state index in [4.69, 9.17) is 9.47 Å². The van der Waals surface area contributed by atoms with Crippen molar-refractivity contribution in [1.29, 1.82) is 0 Å². The van der Waals surface area contributed by atoms with Crippen LogP contribution in [0.1, 0.15) is 40.0 Å². The third kappa shape index (κ3) is 3.27. The molecule has 2 aliphatic rings. The Bertz CT molecular complexity index is 457. The van der Waals surface area contributed by atoms with Crippen LogP contribution in [0.3, 0.4) is 0 Å². The number of ether oxygens (including phenoxy) is 2. The molecule has 124 valence electrons. The maximum Gasteiger partial charge on any atom is 0.415 e. The number of carbonyl (C=O) groups excluding carboxylic acids is 2. The fourth-order valence-corrected chi connectivity index (χ4v) is 2.79. The lowest BCUT2D eigenvalue weighted by Crippen LogP contribution is -2.44. The van der Waals surface area contributed by atoms with Crippen molar-refractivity contribution in [1.82, 2.24) is 9.80 Å². The van der Waals surface area contributed by atoms with Crippen molar-refractivity contribution in [2.24, 2.45) is 0 Å². The third-order valence-corrected chi connectivity index (χ3v) is 4.55. The number of amides is 2. The molecule has 0 N–H and O–H groups in total. The minimum absolute atomic E-state index is 0.108. The van der Waals surface area contributed by atoms with Gasteiger partial charge in [0, 0.05) is 25.7 Å². The van der Waals surface area contributed by atoms with Gasteiger partial charge in [0.2, 0.25) is 5.91 Å². The van der Waals surface area contributed by atoms with Gasteiger partial charge in [-0.1, -0.05) is 20.3 Å². The van der Waals surface area contributed by atoms with E-state index < -0.39 is 5.54 Å². The number of cyclic esters (lactones) is 1. The Labute approximate surface area is 132 Å². The van der Waals surface area contributed by atoms with Gasteiger partial charge in [0.05, 0.1) is 13.2 Å². The molecule has 6 nitrogen and oxygen atoms in total. The van der Waals surface area contributed by atoms with Crippen molar-refractivity contribution in [2.75, 3.05) is 32.8 Å². The first-order valence-electron chi connectivity index (χ1n) is 8.11. The summed E-state index contributed by atoms with van der Waals surface area (Å²) in [6, 6.07) is 0. The number of hydrogen-bond acceptors (Lipinski definition) is 4. The van der Waals surface area contributed by atoms with Crippen molar-refractivity contribution in [3.8, 4) is 0 Å². The molecule has 0 aromatic rings. The van der Waals surface area contributed by atoms with Crippen LogP contribution in [0.2, 0.25) is 0 Å². The number of rotatable bonds is 5. The van der Waals surface area contributed by atoms with Crippen molar-refractivity contribution in [3.05, 3.63) is 11.8 Å². The zero-order chi connectivity index (χ0) is 16.2. The topological polar surface area (TPSA) is 59.1 Å². The molecule has 0 radical (unpaired) electrons. The number of morpholine rings is 1. The normalized spacial score (nSPS) is 27.4. The molecule has 22 heavy (non-hydrogen) atoms. The highest BCUT2D eigenvalue weighted by molar-refractivity contribution is 5.90. The van der Waals surface area contributed by atoms with Crippen LogP contribution in [0.4, 0.5) is 4.79 Å². The lowest BCUT2D eigenvalue weighted by Gasteiger charge is -2.32. The molecular formula is C16H26N2O4. The molecule has 0 spiro atoms. The summed E-state index contributed by atoms with van der Waals surface area (Å²) in [5.41, 5.74) is -0.534. The van der Waals surface area contributed by atoms with Crippen molar-refractivity contribution >= 4 is 12.0 Å². The second kappa shape index (κ2) is 7.13. The van der Waals surface area contributed by atoms with E-state index >= 15 is 0 Å². The number of carbonyl (C=O) groups is 2. The highest BCUT2D eigenvalue weighted by Crippen LogP contribution is 2.36. The molecule has 2 fully saturated rings. The molecule has 6 heteroatoms. The molecule has 2 saturated heterocycles. The smallest absolute Gasteiger partial charge is 0.412 e. The minimum Gasteiger partial charge on any atom is -0.412 e. The third-order valence-electron chi connectivity index (χ3n) is 4.55. The predicted octanol–water partition coefficient (Wildman–Crippen LogP) is 2.15. The fraction of sp³-hybridized carbons (Fsp3) is 0.750. The fourth-order valence-electron chi connectivity index (χ4n) is 2.79. The van der Waals surface area contributed by atoms with E-state index in [9.17, 15) is 9.59 Å². The molecule has 2 amide bonds. The van der Waals surface area contributed by atoms with Gasteiger partial charge in [-0.15, -0.1) is 0 Å². The van der Waals surface area contributed by atoms with Gasteiger partial charge >= 0.3 is 6.09 Å². The van der Waals surface area contributed by atoms with Crippen LogP contribution in [-0.2, 0) is 14.3 Å². The van der Waals surface area contributed by atoms with Crippen molar-refractivity contribution in [2.45, 2.75) is 45.6 Å². The Hall–Kier alpha value is -1.56. The Kier molecular flexibility index (Phi) is 5.45. The molecule has 0 aliphatic carbocycles. The van der Waals surface area contributed by atoms with Gasteiger partial charge in [-0.2, -0.15) is 0 Å². The van der Waals surface area contributed by atoms with Crippen molar-refractivity contribution in [3.63, 3.8) is 0 Å². The number of nitrogens with zero attached hydrogens (tertiary/aromatic N) is 2. The van der Waals surface area contributed by atoms with E-state index in [0.717, 1.165) is 12.8 Å². The predicted molar refractivity (Wildman–Crippen MR) is 82.3 cm³/mol. The summed E-state index contributed by atoms with van der Waals surface area (Å²) >= 11 is 0. The van der Waals surface area contributed by atoms with Gasteiger partial charge in [0.15, 0.2) is 0 Å². The molecule has 2 heterocycles. The highest BCUT2D eigenvalue weighted by Gasteiger charge is 2.47. The van der Waals surface area contributed by atoms with Gasteiger partial charge in [-0.05, 0) is 19.8 Å². The largest absolute Gasteiger partial charge is 0.415 e. The molecule has 2 aliphatic heterocycles. The summed E-state index contributed by atoms with van der Waals surface area (Å²) in [5.74, 6) is 0.357. The van der Waals surface area contributed by atoms with Gasteiger partial charge in [-0.3, -0.25) is 9.69 Å². The Balaban J connectivity index is 2.16. The van der Waals surface area contributed by atoms with E-state index in [1.54, 1.807) is 9.80 Å². The van der Waals surface area contributed by atoms with E-state index in [1.165, 1.54) is 6.08 Å². The van der Waals surface area contributed by atoms with Crippen LogP contribution in [0.5, 0.6) is 0 Å². The van der Waals surface area contributed by atoms with Gasteiger partial charge < -0.3 is 14.4 Å². The SMILES string of the molecule is CCCCN1C(=O)O/C(=C\C(=O)N2CCOCC2)C1(C)CC. The summed E-state index contributed by atoms with van der Waals surface area (Å²) in [5, 5.41) is 0. The first kappa shape index (κ1) is 16.8. The lowest BCUT2D eigenvalue weighted by atomic mass is 9.94. The quantitative estimate of drug-likeness (QED) is 0.730. The second-order valence-electron chi connectivity index (χ2n) is 5.95. The van der Waals surface area contributed by atoms with E-state index in [-0.39, 0.29) is 12.0 Å². The molecule has 0 bridgehead atoms. The first-order valence-corrected chi connectivity index (χ1v) is 8.11. The van der Waals surface area contributed by atoms with Gasteiger partial charge in [-0.25, -0.2) is 4.79 Å². The summed E-state index contributed by atoms with van der Waals surface area (Å²) in [6.45, 7) is 8.99. The Morgan fingerprint density at radius 2 is 2.00 bits per heavy atom. The van der Waals surface area contributed by atoms with Crippen LogP contribution >= 0.6 is 0 Å². The Morgan fingerprint density at radius 3 is 2.59 bits per heavy atom. The standard InChI is InChI=1S/C16H26N2O4/c1-4-6-7-18-15(20)22-13(16(18,3)5-2)12-14(19)17-8-10-21-11-9-17/h12H,4-11H2,1-3H3/b13-12-. The lowest BCUT2D eigenvalue weighted by molar-refractivity contribution is -0.130. The first-order chi connectivity index (χ1) is 10.5. The average molecular weight is 310 g/mol. The van der Waals surface area contributed by atoms with Crippen LogP contribution in [-0.4, -0.2) is 60.2 Å². The molecule has 0 aromatic carbocycles. The van der Waals surface area contributed by atoms with Crippen LogP contribution in [0.25, 0.3) is 0 Å². The second-order valence-corrected chi connectivity index (χ2v) is 5.95.